The standard InChI is InChI=1S/C20H24N4O4/c1-22-8-7-21-18(22)20(26)24-14-16(28-15-5-3-2-4-6-15)13-17(24)19(25)23-9-11-27-12-10-23/h2-8,16-17H,9-14H2,1H3/t16-,17-/m0/s1. The Balaban J connectivity index is 1.55. The second-order valence-electron chi connectivity index (χ2n) is 7.06. The molecule has 0 N–H and O–H groups in total. The van der Waals surface area contributed by atoms with Crippen LogP contribution in [0.2, 0.25) is 0 Å². The van der Waals surface area contributed by atoms with Gasteiger partial charge in [0.05, 0.1) is 19.8 Å². The van der Waals surface area contributed by atoms with E-state index in [1.54, 1.807) is 33.8 Å². The van der Waals surface area contributed by atoms with Crippen LogP contribution in [0.3, 0.4) is 0 Å². The molecule has 28 heavy (non-hydrogen) atoms. The summed E-state index contributed by atoms with van der Waals surface area (Å²) in [5.74, 6) is 0.750. The fourth-order valence-corrected chi connectivity index (χ4v) is 3.73. The molecule has 2 fully saturated rings. The molecule has 2 saturated heterocycles. The van der Waals surface area contributed by atoms with E-state index in [1.807, 2.05) is 30.3 Å². The molecule has 148 valence electrons. The normalized spacial score (nSPS) is 22.3. The van der Waals surface area contributed by atoms with E-state index in [0.29, 0.717) is 45.1 Å². The van der Waals surface area contributed by atoms with Gasteiger partial charge in [-0.05, 0) is 12.1 Å². The topological polar surface area (TPSA) is 76.9 Å². The number of aryl methyl sites for hydroxylation is 1. The number of benzene rings is 1. The first kappa shape index (κ1) is 18.5. The maximum absolute atomic E-state index is 13.2. The van der Waals surface area contributed by atoms with Crippen LogP contribution in [0.1, 0.15) is 17.0 Å². The van der Waals surface area contributed by atoms with E-state index in [-0.39, 0.29) is 17.9 Å². The van der Waals surface area contributed by atoms with Gasteiger partial charge in [0.1, 0.15) is 17.9 Å². The van der Waals surface area contributed by atoms with Crippen LogP contribution < -0.4 is 4.74 Å². The molecule has 0 saturated carbocycles. The Morgan fingerprint density at radius 1 is 1.18 bits per heavy atom. The van der Waals surface area contributed by atoms with Gasteiger partial charge in [-0.2, -0.15) is 0 Å². The van der Waals surface area contributed by atoms with Crippen molar-refractivity contribution in [1.29, 1.82) is 0 Å². The summed E-state index contributed by atoms with van der Waals surface area (Å²) in [4.78, 5) is 33.8. The number of nitrogens with zero attached hydrogens (tertiary/aromatic N) is 4. The summed E-state index contributed by atoms with van der Waals surface area (Å²) in [7, 11) is 1.77. The zero-order valence-corrected chi connectivity index (χ0v) is 15.9. The van der Waals surface area contributed by atoms with Crippen LogP contribution in [0.15, 0.2) is 42.7 Å². The van der Waals surface area contributed by atoms with E-state index in [0.717, 1.165) is 5.75 Å². The molecule has 0 aliphatic carbocycles. The Morgan fingerprint density at radius 2 is 1.93 bits per heavy atom. The fourth-order valence-electron chi connectivity index (χ4n) is 3.73. The molecule has 2 amide bonds. The lowest BCUT2D eigenvalue weighted by Crippen LogP contribution is -2.51. The molecule has 8 nitrogen and oxygen atoms in total. The average Bonchev–Trinajstić information content (AvgIpc) is 3.35. The number of hydrogen-bond donors (Lipinski definition) is 0. The molecule has 0 radical (unpaired) electrons. The van der Waals surface area contributed by atoms with Crippen molar-refractivity contribution in [3.05, 3.63) is 48.5 Å². The molecule has 1 aromatic carbocycles. The van der Waals surface area contributed by atoms with Gasteiger partial charge in [0.2, 0.25) is 5.91 Å². The highest BCUT2D eigenvalue weighted by molar-refractivity contribution is 5.95. The molecule has 2 aliphatic heterocycles. The van der Waals surface area contributed by atoms with Crippen molar-refractivity contribution >= 4 is 11.8 Å². The highest BCUT2D eigenvalue weighted by Crippen LogP contribution is 2.26. The third-order valence-corrected chi connectivity index (χ3v) is 5.19. The minimum Gasteiger partial charge on any atom is -0.488 e. The Kier molecular flexibility index (Phi) is 5.29. The number of para-hydroxylation sites is 1. The number of rotatable bonds is 4. The van der Waals surface area contributed by atoms with Crippen molar-refractivity contribution in [3.8, 4) is 5.75 Å². The van der Waals surface area contributed by atoms with E-state index in [9.17, 15) is 9.59 Å². The third-order valence-electron chi connectivity index (χ3n) is 5.19. The van der Waals surface area contributed by atoms with Crippen LogP contribution in [0.5, 0.6) is 5.75 Å². The molecular weight excluding hydrogens is 360 g/mol. The zero-order chi connectivity index (χ0) is 19.5. The van der Waals surface area contributed by atoms with Gasteiger partial charge in [-0.15, -0.1) is 0 Å². The first-order valence-corrected chi connectivity index (χ1v) is 9.50. The second-order valence-corrected chi connectivity index (χ2v) is 7.06. The Hall–Kier alpha value is -2.87. The van der Waals surface area contributed by atoms with Crippen LogP contribution in [-0.4, -0.2) is 76.2 Å². The second kappa shape index (κ2) is 8.02. The summed E-state index contributed by atoms with van der Waals surface area (Å²) < 4.78 is 13.1. The molecule has 0 spiro atoms. The summed E-state index contributed by atoms with van der Waals surface area (Å²) in [6, 6.07) is 8.92. The third kappa shape index (κ3) is 3.73. The van der Waals surface area contributed by atoms with Crippen LogP contribution in [0.4, 0.5) is 0 Å². The maximum Gasteiger partial charge on any atom is 0.290 e. The monoisotopic (exact) mass is 384 g/mol. The summed E-state index contributed by atoms with van der Waals surface area (Å²) in [5.41, 5.74) is 0. The van der Waals surface area contributed by atoms with Gasteiger partial charge in [0, 0.05) is 39.0 Å². The highest BCUT2D eigenvalue weighted by Gasteiger charge is 2.43. The number of imidazole rings is 1. The number of carbonyl (C=O) groups is 2. The van der Waals surface area contributed by atoms with E-state index >= 15 is 0 Å². The molecule has 1 aromatic heterocycles. The van der Waals surface area contributed by atoms with E-state index in [2.05, 4.69) is 4.98 Å². The van der Waals surface area contributed by atoms with Crippen molar-refractivity contribution in [3.63, 3.8) is 0 Å². The SMILES string of the molecule is Cn1ccnc1C(=O)N1C[C@@H](Oc2ccccc2)C[C@H]1C(=O)N1CCOCC1. The molecule has 0 unspecified atom stereocenters. The number of ether oxygens (including phenoxy) is 2. The molecule has 2 aliphatic rings. The molecular formula is C20H24N4O4. The highest BCUT2D eigenvalue weighted by atomic mass is 16.5. The van der Waals surface area contributed by atoms with Crippen LogP contribution in [-0.2, 0) is 16.6 Å². The summed E-state index contributed by atoms with van der Waals surface area (Å²) >= 11 is 0. The van der Waals surface area contributed by atoms with Crippen LogP contribution >= 0.6 is 0 Å². The van der Waals surface area contributed by atoms with Crippen molar-refractivity contribution in [1.82, 2.24) is 19.4 Å². The van der Waals surface area contributed by atoms with E-state index < -0.39 is 6.04 Å². The predicted octanol–water partition coefficient (Wildman–Crippen LogP) is 0.941. The Bertz CT molecular complexity index is 832. The van der Waals surface area contributed by atoms with E-state index in [1.165, 1.54) is 0 Å². The fraction of sp³-hybridized carbons (Fsp3) is 0.450. The van der Waals surface area contributed by atoms with Crippen LogP contribution in [0, 0.1) is 0 Å². The lowest BCUT2D eigenvalue weighted by molar-refractivity contribution is -0.139. The molecule has 2 atom stereocenters. The van der Waals surface area contributed by atoms with Gasteiger partial charge in [-0.3, -0.25) is 9.59 Å². The van der Waals surface area contributed by atoms with Gasteiger partial charge in [0.25, 0.3) is 5.91 Å². The lowest BCUT2D eigenvalue weighted by Gasteiger charge is -2.32. The molecule has 4 rings (SSSR count). The quantitative estimate of drug-likeness (QED) is 0.784. The first-order chi connectivity index (χ1) is 13.6. The lowest BCUT2D eigenvalue weighted by atomic mass is 10.1. The number of morpholine rings is 1. The van der Waals surface area contributed by atoms with Crippen molar-refractivity contribution < 1.29 is 19.1 Å². The van der Waals surface area contributed by atoms with Crippen molar-refractivity contribution in [2.24, 2.45) is 7.05 Å². The number of aromatic nitrogens is 2. The predicted molar refractivity (Wildman–Crippen MR) is 101 cm³/mol. The van der Waals surface area contributed by atoms with Gasteiger partial charge in [-0.25, -0.2) is 4.98 Å². The minimum absolute atomic E-state index is 0.0509. The van der Waals surface area contributed by atoms with Gasteiger partial charge >= 0.3 is 0 Å². The van der Waals surface area contributed by atoms with Crippen molar-refractivity contribution in [2.45, 2.75) is 18.6 Å². The zero-order valence-electron chi connectivity index (χ0n) is 15.9. The summed E-state index contributed by atoms with van der Waals surface area (Å²) in [5, 5.41) is 0. The summed E-state index contributed by atoms with van der Waals surface area (Å²) in [6.07, 6.45) is 3.52. The largest absolute Gasteiger partial charge is 0.488 e. The van der Waals surface area contributed by atoms with Gasteiger partial charge in [-0.1, -0.05) is 18.2 Å². The molecule has 3 heterocycles. The smallest absolute Gasteiger partial charge is 0.290 e. The Labute approximate surface area is 163 Å². The van der Waals surface area contributed by atoms with Gasteiger partial charge < -0.3 is 23.8 Å². The maximum atomic E-state index is 13.2. The van der Waals surface area contributed by atoms with E-state index in [4.69, 9.17) is 9.47 Å². The molecule has 8 heteroatoms. The minimum atomic E-state index is -0.559. The Morgan fingerprint density at radius 3 is 2.61 bits per heavy atom. The average molecular weight is 384 g/mol. The number of hydrogen-bond acceptors (Lipinski definition) is 5. The number of carbonyl (C=O) groups excluding carboxylic acids is 2. The molecule has 0 bridgehead atoms. The molecule has 2 aromatic rings. The summed E-state index contributed by atoms with van der Waals surface area (Å²) in [6.45, 7) is 2.49. The number of likely N-dealkylation sites (tertiary alicyclic amines) is 1. The van der Waals surface area contributed by atoms with Crippen LogP contribution in [0.25, 0.3) is 0 Å². The van der Waals surface area contributed by atoms with Crippen molar-refractivity contribution in [2.75, 3.05) is 32.8 Å². The first-order valence-electron chi connectivity index (χ1n) is 9.50. The van der Waals surface area contributed by atoms with Gasteiger partial charge in [0.15, 0.2) is 5.82 Å². The number of amides is 2.